The second kappa shape index (κ2) is 6.86. The summed E-state index contributed by atoms with van der Waals surface area (Å²) in [4.78, 5) is 31.9. The summed E-state index contributed by atoms with van der Waals surface area (Å²) in [5, 5.41) is 13.5. The maximum atomic E-state index is 13.0. The van der Waals surface area contributed by atoms with Crippen LogP contribution < -0.4 is 5.32 Å². The smallest absolute Gasteiger partial charge is 0.373 e. The molecule has 2 N–H and O–H groups in total. The molecule has 1 spiro atoms. The zero-order valence-corrected chi connectivity index (χ0v) is 15.6. The number of piperidine rings is 1. The van der Waals surface area contributed by atoms with Crippen LogP contribution in [-0.2, 0) is 19.8 Å². The molecule has 2 saturated heterocycles. The molecular formula is C21H26N2O4. The van der Waals surface area contributed by atoms with Crippen molar-refractivity contribution < 1.29 is 19.5 Å². The molecule has 3 heterocycles. The molecule has 27 heavy (non-hydrogen) atoms. The van der Waals surface area contributed by atoms with Crippen molar-refractivity contribution in [2.24, 2.45) is 17.8 Å². The van der Waals surface area contributed by atoms with Gasteiger partial charge in [-0.3, -0.25) is 9.69 Å². The maximum absolute atomic E-state index is 13.0. The summed E-state index contributed by atoms with van der Waals surface area (Å²) >= 11 is 0. The zero-order chi connectivity index (χ0) is 19.2. The number of nitrogens with one attached hydrogen (secondary N) is 1. The molecule has 3 aliphatic heterocycles. The minimum atomic E-state index is -0.371. The van der Waals surface area contributed by atoms with Gasteiger partial charge in [-0.05, 0) is 61.6 Å². The van der Waals surface area contributed by atoms with Crippen molar-refractivity contribution in [1.29, 1.82) is 0 Å². The normalized spacial score (nSPS) is 39.5. The molecule has 0 aromatic heterocycles. The molecule has 0 radical (unpaired) electrons. The highest BCUT2D eigenvalue weighted by Gasteiger charge is 2.60. The molecule has 1 aromatic carbocycles. The van der Waals surface area contributed by atoms with Crippen molar-refractivity contribution in [2.45, 2.75) is 50.2 Å². The minimum Gasteiger partial charge on any atom is -0.393 e. The number of carbonyl (C=O) groups excluding carboxylic acids is 3. The highest BCUT2D eigenvalue weighted by molar-refractivity contribution is 6.07. The van der Waals surface area contributed by atoms with E-state index in [2.05, 4.69) is 29.3 Å². The van der Waals surface area contributed by atoms with E-state index >= 15 is 0 Å². The van der Waals surface area contributed by atoms with Gasteiger partial charge in [-0.2, -0.15) is 9.59 Å². The Kier molecular flexibility index (Phi) is 4.66. The standard InChI is InChI=1S/C20H26N2O2.CO2/c1-12-14-10-18-20(15-4-2-3-5-16(15)21-19(20)24)8-9-22(18)11-13(14)6-7-17(12)23;2-1-3/h2-5,12-14,17-18,23H,6-11H2,1H3,(H,21,24);/t12-,13+,14-,17+,18+,20+;/m1./s1. The third-order valence-electron chi connectivity index (χ3n) is 7.55. The largest absolute Gasteiger partial charge is 0.393 e. The number of amides is 1. The predicted molar refractivity (Wildman–Crippen MR) is 97.7 cm³/mol. The lowest BCUT2D eigenvalue weighted by Gasteiger charge is -2.50. The van der Waals surface area contributed by atoms with Gasteiger partial charge < -0.3 is 10.4 Å². The van der Waals surface area contributed by atoms with E-state index in [1.54, 1.807) is 0 Å². The summed E-state index contributed by atoms with van der Waals surface area (Å²) < 4.78 is 0. The van der Waals surface area contributed by atoms with Crippen LogP contribution in [0.2, 0.25) is 0 Å². The Balaban J connectivity index is 0.000000565. The average Bonchev–Trinajstić information content (AvgIpc) is 3.17. The summed E-state index contributed by atoms with van der Waals surface area (Å²) in [6, 6.07) is 8.52. The minimum absolute atomic E-state index is 0.167. The monoisotopic (exact) mass is 370 g/mol. The van der Waals surface area contributed by atoms with Crippen LogP contribution in [0.3, 0.4) is 0 Å². The van der Waals surface area contributed by atoms with Gasteiger partial charge in [-0.15, -0.1) is 0 Å². The first kappa shape index (κ1) is 18.4. The molecule has 0 bridgehead atoms. The highest BCUT2D eigenvalue weighted by atomic mass is 16.3. The Morgan fingerprint density at radius 2 is 2.00 bits per heavy atom. The fourth-order valence-corrected chi connectivity index (χ4v) is 6.21. The van der Waals surface area contributed by atoms with E-state index in [0.717, 1.165) is 44.5 Å². The molecule has 144 valence electrons. The van der Waals surface area contributed by atoms with Crippen LogP contribution in [0, 0.1) is 17.8 Å². The quantitative estimate of drug-likeness (QED) is 0.727. The Morgan fingerprint density at radius 1 is 1.26 bits per heavy atom. The van der Waals surface area contributed by atoms with Gasteiger partial charge in [0.15, 0.2) is 0 Å². The van der Waals surface area contributed by atoms with Crippen LogP contribution in [0.1, 0.15) is 38.2 Å². The molecular weight excluding hydrogens is 344 g/mol. The van der Waals surface area contributed by atoms with Crippen molar-refractivity contribution in [3.8, 4) is 0 Å². The van der Waals surface area contributed by atoms with Crippen LogP contribution in [0.15, 0.2) is 24.3 Å². The van der Waals surface area contributed by atoms with Gasteiger partial charge in [0.1, 0.15) is 0 Å². The van der Waals surface area contributed by atoms with E-state index in [9.17, 15) is 9.90 Å². The van der Waals surface area contributed by atoms with Gasteiger partial charge in [-0.25, -0.2) is 0 Å². The van der Waals surface area contributed by atoms with E-state index in [0.29, 0.717) is 17.8 Å². The van der Waals surface area contributed by atoms with E-state index < -0.39 is 0 Å². The molecule has 5 rings (SSSR count). The summed E-state index contributed by atoms with van der Waals surface area (Å²) in [6.45, 7) is 4.33. The van der Waals surface area contributed by atoms with Crippen LogP contribution in [0.5, 0.6) is 0 Å². The Hall–Kier alpha value is -2.01. The molecule has 0 unspecified atom stereocenters. The molecule has 6 atom stereocenters. The molecule has 1 aromatic rings. The van der Waals surface area contributed by atoms with Gasteiger partial charge in [-0.1, -0.05) is 25.1 Å². The van der Waals surface area contributed by atoms with E-state index in [1.807, 2.05) is 12.1 Å². The van der Waals surface area contributed by atoms with Crippen LogP contribution >= 0.6 is 0 Å². The Labute approximate surface area is 158 Å². The van der Waals surface area contributed by atoms with Gasteiger partial charge in [0.2, 0.25) is 5.91 Å². The lowest BCUT2D eigenvalue weighted by molar-refractivity contribution is -0.191. The van der Waals surface area contributed by atoms with Crippen molar-refractivity contribution >= 4 is 17.7 Å². The summed E-state index contributed by atoms with van der Waals surface area (Å²) in [7, 11) is 0. The number of hydrogen-bond donors (Lipinski definition) is 2. The third kappa shape index (κ3) is 2.66. The SMILES string of the molecule is C[C@@H]1[C@H]2C[C@@H]3N(CC[C@@]34C(=O)Nc3ccccc34)C[C@@H]2CC[C@@H]1O.O=C=O. The molecule has 1 aliphatic carbocycles. The summed E-state index contributed by atoms with van der Waals surface area (Å²) in [5.41, 5.74) is 1.83. The molecule has 4 aliphatic rings. The molecule has 3 fully saturated rings. The number of aliphatic hydroxyl groups is 1. The first-order valence-electron chi connectivity index (χ1n) is 9.85. The van der Waals surface area contributed by atoms with Crippen LogP contribution in [-0.4, -0.2) is 47.3 Å². The van der Waals surface area contributed by atoms with E-state index in [4.69, 9.17) is 9.59 Å². The van der Waals surface area contributed by atoms with E-state index in [1.165, 1.54) is 5.56 Å². The number of fused-ring (bicyclic) bond motifs is 5. The molecule has 1 amide bonds. The molecule has 6 heteroatoms. The van der Waals surface area contributed by atoms with Crippen molar-refractivity contribution in [1.82, 2.24) is 4.90 Å². The maximum Gasteiger partial charge on any atom is 0.373 e. The van der Waals surface area contributed by atoms with E-state index in [-0.39, 0.29) is 29.6 Å². The number of aliphatic hydroxyl groups excluding tert-OH is 1. The first-order valence-corrected chi connectivity index (χ1v) is 9.85. The van der Waals surface area contributed by atoms with Gasteiger partial charge in [0, 0.05) is 18.3 Å². The zero-order valence-electron chi connectivity index (χ0n) is 15.6. The third-order valence-corrected chi connectivity index (χ3v) is 7.55. The van der Waals surface area contributed by atoms with Crippen molar-refractivity contribution in [2.75, 3.05) is 18.4 Å². The number of para-hydroxylation sites is 1. The second-order valence-corrected chi connectivity index (χ2v) is 8.48. The highest BCUT2D eigenvalue weighted by Crippen LogP contribution is 2.54. The topological polar surface area (TPSA) is 86.7 Å². The second-order valence-electron chi connectivity index (χ2n) is 8.48. The number of anilines is 1. The number of rotatable bonds is 0. The number of nitrogens with zero attached hydrogens (tertiary/aromatic N) is 1. The number of benzene rings is 1. The predicted octanol–water partition coefficient (Wildman–Crippen LogP) is 1.79. The first-order chi connectivity index (χ1) is 13.0. The lowest BCUT2D eigenvalue weighted by Crippen LogP contribution is -2.56. The number of carbonyl (C=O) groups is 1. The Morgan fingerprint density at radius 3 is 2.78 bits per heavy atom. The average molecular weight is 370 g/mol. The fraction of sp³-hybridized carbons (Fsp3) is 0.619. The summed E-state index contributed by atoms with van der Waals surface area (Å²) in [6.07, 6.45) is 4.13. The van der Waals surface area contributed by atoms with Gasteiger partial charge in [0.25, 0.3) is 0 Å². The van der Waals surface area contributed by atoms with Crippen molar-refractivity contribution in [3.63, 3.8) is 0 Å². The summed E-state index contributed by atoms with van der Waals surface area (Å²) in [5.74, 6) is 1.78. The van der Waals surface area contributed by atoms with Crippen LogP contribution in [0.4, 0.5) is 5.69 Å². The van der Waals surface area contributed by atoms with Crippen molar-refractivity contribution in [3.05, 3.63) is 29.8 Å². The Bertz CT molecular complexity index is 775. The fourth-order valence-electron chi connectivity index (χ4n) is 6.21. The number of hydrogen-bond acceptors (Lipinski definition) is 5. The lowest BCUT2D eigenvalue weighted by atomic mass is 9.62. The van der Waals surface area contributed by atoms with Gasteiger partial charge >= 0.3 is 6.15 Å². The molecule has 6 nitrogen and oxygen atoms in total. The molecule has 1 saturated carbocycles. The van der Waals surface area contributed by atoms with Crippen LogP contribution in [0.25, 0.3) is 0 Å². The van der Waals surface area contributed by atoms with Gasteiger partial charge in [0.05, 0.1) is 11.5 Å².